The van der Waals surface area contributed by atoms with Crippen LogP contribution in [-0.4, -0.2) is 14.9 Å². The third-order valence-corrected chi connectivity index (χ3v) is 3.85. The van der Waals surface area contributed by atoms with E-state index in [-0.39, 0.29) is 0 Å². The van der Waals surface area contributed by atoms with E-state index in [1.807, 2.05) is 29.9 Å². The smallest absolute Gasteiger partial charge is 0.0932 e. The second-order valence-corrected chi connectivity index (χ2v) is 5.39. The fourth-order valence-corrected chi connectivity index (χ4v) is 2.66. The second kappa shape index (κ2) is 4.99. The predicted molar refractivity (Wildman–Crippen MR) is 65.8 cm³/mol. The van der Waals surface area contributed by atoms with Crippen LogP contribution in [0.4, 0.5) is 0 Å². The third kappa shape index (κ3) is 2.64. The van der Waals surface area contributed by atoms with E-state index < -0.39 is 6.10 Å². The number of thiophene rings is 1. The van der Waals surface area contributed by atoms with E-state index in [0.29, 0.717) is 6.42 Å². The first kappa shape index (κ1) is 11.6. The SMILES string of the molecule is Cn1nccc1CCC(O)c1ccc(Cl)s1. The second-order valence-electron chi connectivity index (χ2n) is 3.64. The Labute approximate surface area is 103 Å². The number of aromatic nitrogens is 2. The third-order valence-electron chi connectivity index (χ3n) is 2.52. The van der Waals surface area contributed by atoms with Gasteiger partial charge in [-0.1, -0.05) is 11.6 Å². The Morgan fingerprint density at radius 3 is 2.88 bits per heavy atom. The van der Waals surface area contributed by atoms with Crippen LogP contribution in [0.25, 0.3) is 0 Å². The van der Waals surface area contributed by atoms with Gasteiger partial charge < -0.3 is 5.11 Å². The lowest BCUT2D eigenvalue weighted by Gasteiger charge is -2.08. The minimum atomic E-state index is -0.438. The molecule has 2 aromatic heterocycles. The van der Waals surface area contributed by atoms with Crippen LogP contribution in [0.5, 0.6) is 0 Å². The van der Waals surface area contributed by atoms with E-state index >= 15 is 0 Å². The molecule has 1 unspecified atom stereocenters. The summed E-state index contributed by atoms with van der Waals surface area (Å²) in [5, 5.41) is 14.0. The number of hydrogen-bond acceptors (Lipinski definition) is 3. The van der Waals surface area contributed by atoms with Crippen molar-refractivity contribution in [3.8, 4) is 0 Å². The Morgan fingerprint density at radius 1 is 1.50 bits per heavy atom. The highest BCUT2D eigenvalue weighted by Gasteiger charge is 2.11. The van der Waals surface area contributed by atoms with Gasteiger partial charge in [0.05, 0.1) is 10.4 Å². The topological polar surface area (TPSA) is 38.0 Å². The summed E-state index contributed by atoms with van der Waals surface area (Å²) < 4.78 is 2.54. The Hall–Kier alpha value is -0.840. The molecule has 0 bridgehead atoms. The Bertz CT molecular complexity index is 466. The molecule has 5 heteroatoms. The Morgan fingerprint density at radius 2 is 2.31 bits per heavy atom. The van der Waals surface area contributed by atoms with E-state index in [1.54, 1.807) is 6.20 Å². The van der Waals surface area contributed by atoms with Crippen molar-refractivity contribution in [1.29, 1.82) is 0 Å². The standard InChI is InChI=1S/C11H13ClN2OS/c1-14-8(6-7-13-14)2-3-9(15)10-4-5-11(12)16-10/h4-7,9,15H,2-3H2,1H3. The van der Waals surface area contributed by atoms with Crippen molar-refractivity contribution in [1.82, 2.24) is 9.78 Å². The van der Waals surface area contributed by atoms with Crippen LogP contribution in [0, 0.1) is 0 Å². The van der Waals surface area contributed by atoms with Gasteiger partial charge in [0.2, 0.25) is 0 Å². The van der Waals surface area contributed by atoms with Crippen molar-refractivity contribution in [2.75, 3.05) is 0 Å². The number of nitrogens with zero attached hydrogens (tertiary/aromatic N) is 2. The maximum Gasteiger partial charge on any atom is 0.0932 e. The molecular formula is C11H13ClN2OS. The molecule has 0 fully saturated rings. The molecule has 0 amide bonds. The zero-order valence-corrected chi connectivity index (χ0v) is 10.5. The summed E-state index contributed by atoms with van der Waals surface area (Å²) in [5.74, 6) is 0. The molecule has 2 aromatic rings. The van der Waals surface area contributed by atoms with Gasteiger partial charge in [-0.15, -0.1) is 11.3 Å². The van der Waals surface area contributed by atoms with E-state index in [9.17, 15) is 5.11 Å². The molecule has 0 saturated carbocycles. The number of aryl methyl sites for hydroxylation is 2. The fraction of sp³-hybridized carbons (Fsp3) is 0.364. The van der Waals surface area contributed by atoms with Gasteiger partial charge in [0, 0.05) is 23.8 Å². The average Bonchev–Trinajstić information content (AvgIpc) is 2.84. The monoisotopic (exact) mass is 256 g/mol. The van der Waals surface area contributed by atoms with Crippen LogP contribution in [0.2, 0.25) is 4.34 Å². The van der Waals surface area contributed by atoms with Gasteiger partial charge >= 0.3 is 0 Å². The first-order chi connectivity index (χ1) is 7.66. The van der Waals surface area contributed by atoms with Crippen molar-refractivity contribution in [2.24, 2.45) is 7.05 Å². The van der Waals surface area contributed by atoms with Gasteiger partial charge in [-0.2, -0.15) is 5.10 Å². The van der Waals surface area contributed by atoms with Crippen LogP contribution < -0.4 is 0 Å². The molecular weight excluding hydrogens is 244 g/mol. The van der Waals surface area contributed by atoms with Crippen molar-refractivity contribution in [2.45, 2.75) is 18.9 Å². The number of aliphatic hydroxyl groups excluding tert-OH is 1. The highest BCUT2D eigenvalue weighted by atomic mass is 35.5. The molecule has 86 valence electrons. The van der Waals surface area contributed by atoms with E-state index in [2.05, 4.69) is 5.10 Å². The lowest BCUT2D eigenvalue weighted by atomic mass is 10.1. The zero-order valence-electron chi connectivity index (χ0n) is 8.93. The van der Waals surface area contributed by atoms with Crippen LogP contribution in [0.15, 0.2) is 24.4 Å². The molecule has 0 radical (unpaired) electrons. The number of aliphatic hydroxyl groups is 1. The molecule has 1 N–H and O–H groups in total. The maximum absolute atomic E-state index is 9.95. The number of rotatable bonds is 4. The van der Waals surface area contributed by atoms with Gasteiger partial charge in [-0.3, -0.25) is 4.68 Å². The Kier molecular flexibility index (Phi) is 3.63. The molecule has 0 aliphatic carbocycles. The van der Waals surface area contributed by atoms with Gasteiger partial charge in [-0.05, 0) is 31.0 Å². The first-order valence-corrected chi connectivity index (χ1v) is 6.26. The molecule has 2 heterocycles. The van der Waals surface area contributed by atoms with E-state index in [4.69, 9.17) is 11.6 Å². The molecule has 0 aliphatic heterocycles. The highest BCUT2D eigenvalue weighted by molar-refractivity contribution is 7.16. The fourth-order valence-electron chi connectivity index (χ4n) is 1.58. The van der Waals surface area contributed by atoms with Gasteiger partial charge in [0.1, 0.15) is 0 Å². The summed E-state index contributed by atoms with van der Waals surface area (Å²) in [7, 11) is 1.91. The molecule has 16 heavy (non-hydrogen) atoms. The van der Waals surface area contributed by atoms with Crippen molar-refractivity contribution in [3.63, 3.8) is 0 Å². The molecule has 0 aromatic carbocycles. The minimum absolute atomic E-state index is 0.438. The van der Waals surface area contributed by atoms with Gasteiger partial charge in [0.25, 0.3) is 0 Å². The first-order valence-electron chi connectivity index (χ1n) is 5.07. The van der Waals surface area contributed by atoms with Crippen molar-refractivity contribution < 1.29 is 5.11 Å². The van der Waals surface area contributed by atoms with Gasteiger partial charge in [0.15, 0.2) is 0 Å². The summed E-state index contributed by atoms with van der Waals surface area (Å²) >= 11 is 7.25. The van der Waals surface area contributed by atoms with Crippen molar-refractivity contribution in [3.05, 3.63) is 39.3 Å². The van der Waals surface area contributed by atoms with Crippen LogP contribution in [-0.2, 0) is 13.5 Å². The van der Waals surface area contributed by atoms with Crippen molar-refractivity contribution >= 4 is 22.9 Å². The largest absolute Gasteiger partial charge is 0.388 e. The zero-order chi connectivity index (χ0) is 11.5. The van der Waals surface area contributed by atoms with Crippen LogP contribution in [0.3, 0.4) is 0 Å². The average molecular weight is 257 g/mol. The van der Waals surface area contributed by atoms with Crippen LogP contribution >= 0.6 is 22.9 Å². The minimum Gasteiger partial charge on any atom is -0.388 e. The summed E-state index contributed by atoms with van der Waals surface area (Å²) in [5.41, 5.74) is 1.13. The molecule has 2 rings (SSSR count). The highest BCUT2D eigenvalue weighted by Crippen LogP contribution is 2.29. The molecule has 0 aliphatic rings. The summed E-state index contributed by atoms with van der Waals surface area (Å²) in [6.45, 7) is 0. The summed E-state index contributed by atoms with van der Waals surface area (Å²) in [6, 6.07) is 5.66. The number of halogens is 1. The lowest BCUT2D eigenvalue weighted by Crippen LogP contribution is -2.02. The maximum atomic E-state index is 9.95. The van der Waals surface area contributed by atoms with Crippen LogP contribution in [0.1, 0.15) is 23.1 Å². The molecule has 0 saturated heterocycles. The molecule has 3 nitrogen and oxygen atoms in total. The van der Waals surface area contributed by atoms with E-state index in [1.165, 1.54) is 11.3 Å². The van der Waals surface area contributed by atoms with E-state index in [0.717, 1.165) is 21.3 Å². The Balaban J connectivity index is 1.93. The predicted octanol–water partition coefficient (Wildman–Crippen LogP) is 2.80. The normalized spacial score (nSPS) is 12.9. The van der Waals surface area contributed by atoms with Gasteiger partial charge in [-0.25, -0.2) is 0 Å². The summed E-state index contributed by atoms with van der Waals surface area (Å²) in [6.07, 6.45) is 2.83. The lowest BCUT2D eigenvalue weighted by molar-refractivity contribution is 0.171. The molecule has 1 atom stereocenters. The quantitative estimate of drug-likeness (QED) is 0.914. The molecule has 0 spiro atoms. The summed E-state index contributed by atoms with van der Waals surface area (Å²) in [4.78, 5) is 0.923. The number of hydrogen-bond donors (Lipinski definition) is 1.